The van der Waals surface area contributed by atoms with Crippen LogP contribution in [0.25, 0.3) is 0 Å². The van der Waals surface area contributed by atoms with Crippen molar-refractivity contribution in [3.8, 4) is 5.75 Å². The molecule has 0 radical (unpaired) electrons. The average molecular weight is 221 g/mol. The van der Waals surface area contributed by atoms with Gasteiger partial charge in [0.1, 0.15) is 5.75 Å². The molecule has 2 N–H and O–H groups in total. The highest BCUT2D eigenvalue weighted by atomic mass is 16.5. The molecule has 2 heteroatoms. The molecule has 2 nitrogen and oxygen atoms in total. The van der Waals surface area contributed by atoms with Crippen molar-refractivity contribution in [1.29, 1.82) is 0 Å². The summed E-state index contributed by atoms with van der Waals surface area (Å²) in [5, 5.41) is 0. The van der Waals surface area contributed by atoms with E-state index in [9.17, 15) is 0 Å². The van der Waals surface area contributed by atoms with Gasteiger partial charge < -0.3 is 10.5 Å². The van der Waals surface area contributed by atoms with Crippen molar-refractivity contribution >= 4 is 0 Å². The topological polar surface area (TPSA) is 35.2 Å². The lowest BCUT2D eigenvalue weighted by atomic mass is 9.97. The van der Waals surface area contributed by atoms with Crippen LogP contribution in [0.1, 0.15) is 44.7 Å². The molecule has 0 heterocycles. The first kappa shape index (κ1) is 13.0. The number of benzene rings is 1. The van der Waals surface area contributed by atoms with Gasteiger partial charge in [0.05, 0.1) is 6.61 Å². The number of ether oxygens (including phenoxy) is 1. The first-order valence-corrected chi connectivity index (χ1v) is 6.05. The maximum Gasteiger partial charge on any atom is 0.122 e. The third-order valence-electron chi connectivity index (χ3n) is 2.59. The Morgan fingerprint density at radius 3 is 2.44 bits per heavy atom. The maximum atomic E-state index is 5.86. The summed E-state index contributed by atoms with van der Waals surface area (Å²) in [6.07, 6.45) is 0.871. The molecule has 0 fully saturated rings. The molecule has 0 saturated heterocycles. The molecule has 0 aliphatic heterocycles. The van der Waals surface area contributed by atoms with E-state index in [-0.39, 0.29) is 6.04 Å². The van der Waals surface area contributed by atoms with Gasteiger partial charge in [0.15, 0.2) is 0 Å². The highest BCUT2D eigenvalue weighted by Crippen LogP contribution is 2.25. The maximum absolute atomic E-state index is 5.86. The van der Waals surface area contributed by atoms with Crippen LogP contribution < -0.4 is 10.5 Å². The average Bonchev–Trinajstić information content (AvgIpc) is 2.19. The number of rotatable bonds is 5. The lowest BCUT2D eigenvalue weighted by molar-refractivity contribution is 0.335. The highest BCUT2D eigenvalue weighted by Gasteiger charge is 2.08. The van der Waals surface area contributed by atoms with Gasteiger partial charge >= 0.3 is 0 Å². The van der Waals surface area contributed by atoms with Crippen LogP contribution in [-0.4, -0.2) is 12.6 Å². The van der Waals surface area contributed by atoms with E-state index in [4.69, 9.17) is 10.5 Å². The number of hydrogen-bond acceptors (Lipinski definition) is 2. The van der Waals surface area contributed by atoms with Crippen molar-refractivity contribution in [2.75, 3.05) is 6.61 Å². The molecule has 1 aromatic rings. The Morgan fingerprint density at radius 2 is 1.94 bits per heavy atom. The fourth-order valence-electron chi connectivity index (χ4n) is 1.76. The highest BCUT2D eigenvalue weighted by molar-refractivity contribution is 5.39. The second kappa shape index (κ2) is 5.90. The molecular weight excluding hydrogens is 198 g/mol. The predicted octanol–water partition coefficient (Wildman–Crippen LogP) is 3.10. The van der Waals surface area contributed by atoms with E-state index in [2.05, 4.69) is 32.0 Å². The molecule has 0 aliphatic carbocycles. The number of hydrogen-bond donors (Lipinski definition) is 1. The molecule has 90 valence electrons. The Morgan fingerprint density at radius 1 is 1.25 bits per heavy atom. The molecular formula is C14H23NO. The minimum atomic E-state index is 0.168. The van der Waals surface area contributed by atoms with Gasteiger partial charge in [-0.25, -0.2) is 0 Å². The molecule has 0 amide bonds. The van der Waals surface area contributed by atoms with Gasteiger partial charge in [-0.2, -0.15) is 0 Å². The van der Waals surface area contributed by atoms with Crippen LogP contribution in [0, 0.1) is 0 Å². The second-order valence-electron chi connectivity index (χ2n) is 4.64. The summed E-state index contributed by atoms with van der Waals surface area (Å²) in [4.78, 5) is 0. The van der Waals surface area contributed by atoms with E-state index in [0.29, 0.717) is 12.5 Å². The fourth-order valence-corrected chi connectivity index (χ4v) is 1.76. The van der Waals surface area contributed by atoms with Crippen LogP contribution in [0.5, 0.6) is 5.75 Å². The Hall–Kier alpha value is -1.02. The van der Waals surface area contributed by atoms with Gasteiger partial charge in [0, 0.05) is 6.04 Å². The van der Waals surface area contributed by atoms with E-state index >= 15 is 0 Å². The molecule has 0 aromatic heterocycles. The van der Waals surface area contributed by atoms with E-state index in [0.717, 1.165) is 12.2 Å². The van der Waals surface area contributed by atoms with Crippen molar-refractivity contribution in [3.63, 3.8) is 0 Å². The second-order valence-corrected chi connectivity index (χ2v) is 4.64. The van der Waals surface area contributed by atoms with Crippen molar-refractivity contribution in [2.24, 2.45) is 5.73 Å². The molecule has 1 rings (SSSR count). The summed E-state index contributed by atoms with van der Waals surface area (Å²) in [6.45, 7) is 9.13. The molecule has 1 aromatic carbocycles. The standard InChI is InChI=1S/C14H23NO/c1-5-16-14-7-6-12(10(2)3)9-13(14)8-11(4)15/h6-7,9-11H,5,8,15H2,1-4H3. The summed E-state index contributed by atoms with van der Waals surface area (Å²) >= 11 is 0. The van der Waals surface area contributed by atoms with Crippen LogP contribution in [0.3, 0.4) is 0 Å². The molecule has 0 saturated carbocycles. The SMILES string of the molecule is CCOc1ccc(C(C)C)cc1CC(C)N. The molecule has 0 spiro atoms. The zero-order valence-corrected chi connectivity index (χ0v) is 10.8. The van der Waals surface area contributed by atoms with Crippen molar-refractivity contribution in [3.05, 3.63) is 29.3 Å². The van der Waals surface area contributed by atoms with Crippen LogP contribution >= 0.6 is 0 Å². The van der Waals surface area contributed by atoms with Crippen molar-refractivity contribution < 1.29 is 4.74 Å². The Kier molecular flexibility index (Phi) is 4.81. The molecule has 16 heavy (non-hydrogen) atoms. The Labute approximate surface area is 98.8 Å². The minimum Gasteiger partial charge on any atom is -0.494 e. The van der Waals surface area contributed by atoms with E-state index in [1.807, 2.05) is 13.8 Å². The van der Waals surface area contributed by atoms with Crippen LogP contribution in [-0.2, 0) is 6.42 Å². The Balaban J connectivity index is 3.00. The van der Waals surface area contributed by atoms with Crippen LogP contribution in [0.4, 0.5) is 0 Å². The summed E-state index contributed by atoms with van der Waals surface area (Å²) in [5.74, 6) is 1.52. The monoisotopic (exact) mass is 221 g/mol. The third kappa shape index (κ3) is 3.53. The summed E-state index contributed by atoms with van der Waals surface area (Å²) in [5.41, 5.74) is 8.43. The minimum absolute atomic E-state index is 0.168. The zero-order valence-electron chi connectivity index (χ0n) is 10.8. The van der Waals surface area contributed by atoms with Gasteiger partial charge in [-0.15, -0.1) is 0 Å². The lowest BCUT2D eigenvalue weighted by Crippen LogP contribution is -2.18. The third-order valence-corrected chi connectivity index (χ3v) is 2.59. The van der Waals surface area contributed by atoms with Gasteiger partial charge in [-0.3, -0.25) is 0 Å². The van der Waals surface area contributed by atoms with Gasteiger partial charge in [0.2, 0.25) is 0 Å². The van der Waals surface area contributed by atoms with E-state index < -0.39 is 0 Å². The first-order valence-electron chi connectivity index (χ1n) is 6.05. The predicted molar refractivity (Wildman–Crippen MR) is 69.1 cm³/mol. The largest absolute Gasteiger partial charge is 0.494 e. The van der Waals surface area contributed by atoms with Crippen LogP contribution in [0.15, 0.2) is 18.2 Å². The quantitative estimate of drug-likeness (QED) is 0.829. The van der Waals surface area contributed by atoms with E-state index in [1.165, 1.54) is 11.1 Å². The molecule has 0 aliphatic rings. The van der Waals surface area contributed by atoms with E-state index in [1.54, 1.807) is 0 Å². The van der Waals surface area contributed by atoms with Gasteiger partial charge in [-0.1, -0.05) is 26.0 Å². The van der Waals surface area contributed by atoms with Crippen molar-refractivity contribution in [1.82, 2.24) is 0 Å². The van der Waals surface area contributed by atoms with Crippen molar-refractivity contribution in [2.45, 2.75) is 46.1 Å². The molecule has 0 bridgehead atoms. The normalized spacial score (nSPS) is 12.9. The summed E-state index contributed by atoms with van der Waals surface area (Å²) in [6, 6.07) is 6.59. The Bertz CT molecular complexity index is 332. The molecule has 1 unspecified atom stereocenters. The smallest absolute Gasteiger partial charge is 0.122 e. The summed E-state index contributed by atoms with van der Waals surface area (Å²) in [7, 11) is 0. The lowest BCUT2D eigenvalue weighted by Gasteiger charge is -2.15. The van der Waals surface area contributed by atoms with Gasteiger partial charge in [0.25, 0.3) is 0 Å². The fraction of sp³-hybridized carbons (Fsp3) is 0.571. The van der Waals surface area contributed by atoms with Crippen LogP contribution in [0.2, 0.25) is 0 Å². The number of nitrogens with two attached hydrogens (primary N) is 1. The van der Waals surface area contributed by atoms with Gasteiger partial charge in [-0.05, 0) is 43.4 Å². The zero-order chi connectivity index (χ0) is 12.1. The first-order chi connectivity index (χ1) is 7.54. The molecule has 1 atom stereocenters. The summed E-state index contributed by atoms with van der Waals surface area (Å²) < 4.78 is 5.62.